The second-order valence-electron chi connectivity index (χ2n) is 5.23. The van der Waals surface area contributed by atoms with Crippen LogP contribution < -0.4 is 5.73 Å². The summed E-state index contributed by atoms with van der Waals surface area (Å²) in [5.74, 6) is 0.415. The zero-order valence-corrected chi connectivity index (χ0v) is 11.6. The fraction of sp³-hybridized carbons (Fsp3) is 0.923. The third kappa shape index (κ3) is 7.34. The van der Waals surface area contributed by atoms with Crippen molar-refractivity contribution in [3.63, 3.8) is 0 Å². The van der Waals surface area contributed by atoms with Crippen LogP contribution in [-0.4, -0.2) is 41.7 Å². The first kappa shape index (κ1) is 16.4. The van der Waals surface area contributed by atoms with E-state index in [4.69, 9.17) is 5.73 Å². The van der Waals surface area contributed by atoms with E-state index in [2.05, 4.69) is 20.8 Å². The fourth-order valence-corrected chi connectivity index (χ4v) is 1.71. The maximum absolute atomic E-state index is 11.8. The molecule has 4 heteroatoms. The highest BCUT2D eigenvalue weighted by atomic mass is 16.3. The molecule has 3 N–H and O–H groups in total. The Labute approximate surface area is 105 Å². The van der Waals surface area contributed by atoms with Gasteiger partial charge in [0.15, 0.2) is 0 Å². The standard InChI is InChI=1S/C13H28N2O2/c1-5-6-7-15(4)13(17)9-12(16)11(14)8-10(2)3/h10-12,16H,5-9,14H2,1-4H3/t11-,12-/m0/s1. The second kappa shape index (κ2) is 8.48. The number of nitrogens with two attached hydrogens (primary N) is 1. The molecule has 0 aromatic carbocycles. The maximum atomic E-state index is 11.8. The molecule has 0 aliphatic rings. The molecule has 1 amide bonds. The first-order valence-corrected chi connectivity index (χ1v) is 6.56. The quantitative estimate of drug-likeness (QED) is 0.677. The van der Waals surface area contributed by atoms with Crippen molar-refractivity contribution in [2.24, 2.45) is 11.7 Å². The Kier molecular flexibility index (Phi) is 8.17. The van der Waals surface area contributed by atoms with Crippen LogP contribution in [0.3, 0.4) is 0 Å². The first-order valence-electron chi connectivity index (χ1n) is 6.56. The van der Waals surface area contributed by atoms with Gasteiger partial charge in [0.2, 0.25) is 5.91 Å². The highest BCUT2D eigenvalue weighted by Crippen LogP contribution is 2.09. The van der Waals surface area contributed by atoms with Gasteiger partial charge in [0.25, 0.3) is 0 Å². The molecule has 0 aromatic rings. The molecule has 0 saturated carbocycles. The molecule has 4 nitrogen and oxygen atoms in total. The molecule has 0 aliphatic carbocycles. The maximum Gasteiger partial charge on any atom is 0.224 e. The molecule has 0 spiro atoms. The number of aliphatic hydroxyl groups is 1. The normalized spacial score (nSPS) is 14.8. The van der Waals surface area contributed by atoms with Crippen molar-refractivity contribution in [2.75, 3.05) is 13.6 Å². The van der Waals surface area contributed by atoms with Crippen LogP contribution in [0.5, 0.6) is 0 Å². The number of hydrogen-bond donors (Lipinski definition) is 2. The summed E-state index contributed by atoms with van der Waals surface area (Å²) in [6.07, 6.45) is 2.21. The predicted octanol–water partition coefficient (Wildman–Crippen LogP) is 1.37. The average Bonchev–Trinajstić information content (AvgIpc) is 2.24. The number of carbonyl (C=O) groups excluding carboxylic acids is 1. The largest absolute Gasteiger partial charge is 0.391 e. The summed E-state index contributed by atoms with van der Waals surface area (Å²) < 4.78 is 0. The van der Waals surface area contributed by atoms with E-state index in [1.165, 1.54) is 0 Å². The highest BCUT2D eigenvalue weighted by molar-refractivity contribution is 5.76. The third-order valence-electron chi connectivity index (χ3n) is 2.89. The topological polar surface area (TPSA) is 66.6 Å². The fourth-order valence-electron chi connectivity index (χ4n) is 1.71. The van der Waals surface area contributed by atoms with Crippen molar-refractivity contribution in [1.29, 1.82) is 0 Å². The van der Waals surface area contributed by atoms with E-state index in [0.717, 1.165) is 25.8 Å². The summed E-state index contributed by atoms with van der Waals surface area (Å²) in [5.41, 5.74) is 5.85. The number of carbonyl (C=O) groups is 1. The van der Waals surface area contributed by atoms with E-state index < -0.39 is 6.10 Å². The van der Waals surface area contributed by atoms with Gasteiger partial charge in [-0.2, -0.15) is 0 Å². The summed E-state index contributed by atoms with van der Waals surface area (Å²) in [6, 6.07) is -0.307. The number of hydrogen-bond acceptors (Lipinski definition) is 3. The number of aliphatic hydroxyl groups excluding tert-OH is 1. The lowest BCUT2D eigenvalue weighted by molar-refractivity contribution is -0.132. The monoisotopic (exact) mass is 244 g/mol. The van der Waals surface area contributed by atoms with E-state index in [-0.39, 0.29) is 18.4 Å². The highest BCUT2D eigenvalue weighted by Gasteiger charge is 2.21. The van der Waals surface area contributed by atoms with Crippen molar-refractivity contribution in [2.45, 2.75) is 58.6 Å². The lowest BCUT2D eigenvalue weighted by atomic mass is 9.98. The van der Waals surface area contributed by atoms with Gasteiger partial charge < -0.3 is 15.7 Å². The molecule has 0 radical (unpaired) electrons. The summed E-state index contributed by atoms with van der Waals surface area (Å²) >= 11 is 0. The van der Waals surface area contributed by atoms with Gasteiger partial charge in [-0.1, -0.05) is 27.2 Å². The average molecular weight is 244 g/mol. The van der Waals surface area contributed by atoms with Crippen molar-refractivity contribution < 1.29 is 9.90 Å². The van der Waals surface area contributed by atoms with E-state index >= 15 is 0 Å². The van der Waals surface area contributed by atoms with Crippen LogP contribution in [0.4, 0.5) is 0 Å². The second-order valence-corrected chi connectivity index (χ2v) is 5.23. The smallest absolute Gasteiger partial charge is 0.224 e. The van der Waals surface area contributed by atoms with Gasteiger partial charge in [-0.3, -0.25) is 4.79 Å². The van der Waals surface area contributed by atoms with E-state index in [1.54, 1.807) is 11.9 Å². The van der Waals surface area contributed by atoms with Gasteiger partial charge in [0, 0.05) is 19.6 Å². The molecular formula is C13H28N2O2. The lowest BCUT2D eigenvalue weighted by Crippen LogP contribution is -2.40. The molecule has 0 unspecified atom stereocenters. The third-order valence-corrected chi connectivity index (χ3v) is 2.89. The van der Waals surface area contributed by atoms with Gasteiger partial charge in [-0.05, 0) is 18.8 Å². The van der Waals surface area contributed by atoms with Gasteiger partial charge in [0.1, 0.15) is 0 Å². The zero-order valence-electron chi connectivity index (χ0n) is 11.6. The predicted molar refractivity (Wildman–Crippen MR) is 70.6 cm³/mol. The Hall–Kier alpha value is -0.610. The van der Waals surface area contributed by atoms with E-state index in [9.17, 15) is 9.90 Å². The first-order chi connectivity index (χ1) is 7.88. The molecule has 0 aliphatic heterocycles. The van der Waals surface area contributed by atoms with E-state index in [1.807, 2.05) is 0 Å². The van der Waals surface area contributed by atoms with Crippen LogP contribution in [-0.2, 0) is 4.79 Å². The molecule has 0 saturated heterocycles. The van der Waals surface area contributed by atoms with E-state index in [0.29, 0.717) is 5.92 Å². The van der Waals surface area contributed by atoms with Gasteiger partial charge >= 0.3 is 0 Å². The Bertz CT molecular complexity index is 219. The summed E-state index contributed by atoms with van der Waals surface area (Å²) in [5, 5.41) is 9.84. The lowest BCUT2D eigenvalue weighted by Gasteiger charge is -2.23. The van der Waals surface area contributed by atoms with Crippen LogP contribution in [0.1, 0.15) is 46.5 Å². The van der Waals surface area contributed by atoms with Crippen molar-refractivity contribution in [1.82, 2.24) is 4.90 Å². The minimum atomic E-state index is -0.728. The molecule has 2 atom stereocenters. The van der Waals surface area contributed by atoms with Crippen molar-refractivity contribution >= 4 is 5.91 Å². The van der Waals surface area contributed by atoms with Gasteiger partial charge in [0.05, 0.1) is 12.5 Å². The molecule has 102 valence electrons. The minimum absolute atomic E-state index is 0.0230. The number of amides is 1. The summed E-state index contributed by atoms with van der Waals surface area (Å²) in [6.45, 7) is 6.96. The molecule has 17 heavy (non-hydrogen) atoms. The Morgan fingerprint density at radius 2 is 2.00 bits per heavy atom. The van der Waals surface area contributed by atoms with Gasteiger partial charge in [-0.25, -0.2) is 0 Å². The van der Waals surface area contributed by atoms with Crippen LogP contribution in [0.25, 0.3) is 0 Å². The number of nitrogens with zero attached hydrogens (tertiary/aromatic N) is 1. The number of rotatable bonds is 8. The Morgan fingerprint density at radius 3 is 2.47 bits per heavy atom. The van der Waals surface area contributed by atoms with Crippen LogP contribution in [0, 0.1) is 5.92 Å². The molecular weight excluding hydrogens is 216 g/mol. The molecule has 0 fully saturated rings. The Balaban J connectivity index is 4.01. The van der Waals surface area contributed by atoms with Crippen LogP contribution in [0.15, 0.2) is 0 Å². The molecule has 0 rings (SSSR count). The summed E-state index contributed by atoms with van der Waals surface area (Å²) in [4.78, 5) is 13.4. The summed E-state index contributed by atoms with van der Waals surface area (Å²) in [7, 11) is 1.78. The Morgan fingerprint density at radius 1 is 1.41 bits per heavy atom. The van der Waals surface area contributed by atoms with Crippen LogP contribution in [0.2, 0.25) is 0 Å². The van der Waals surface area contributed by atoms with Crippen molar-refractivity contribution in [3.8, 4) is 0 Å². The van der Waals surface area contributed by atoms with Crippen molar-refractivity contribution in [3.05, 3.63) is 0 Å². The molecule has 0 bridgehead atoms. The SMILES string of the molecule is CCCCN(C)C(=O)C[C@H](O)[C@@H](N)CC(C)C. The molecule has 0 heterocycles. The molecule has 0 aromatic heterocycles. The van der Waals surface area contributed by atoms with Gasteiger partial charge in [-0.15, -0.1) is 0 Å². The number of unbranched alkanes of at least 4 members (excludes halogenated alkanes) is 1. The zero-order chi connectivity index (χ0) is 13.4. The van der Waals surface area contributed by atoms with Crippen LogP contribution >= 0.6 is 0 Å². The minimum Gasteiger partial charge on any atom is -0.391 e.